The number of β-amino-alcohol motifs (C(OH)–C–C–N with tert-alkyl or cyclic N) is 1. The molecule has 7 aromatic rings. The van der Waals surface area contributed by atoms with E-state index in [0.717, 1.165) is 34.5 Å². The summed E-state index contributed by atoms with van der Waals surface area (Å²) in [5, 5.41) is 30.0. The number of nitrogens with zero attached hydrogens (tertiary/aromatic N) is 11. The molecule has 91 heavy (non-hydrogen) atoms. The number of benzene rings is 3. The highest BCUT2D eigenvalue weighted by Crippen LogP contribution is 2.42. The minimum absolute atomic E-state index is 0.0149. The van der Waals surface area contributed by atoms with E-state index < -0.39 is 47.1 Å². The molecule has 2 unspecified atom stereocenters. The largest absolute Gasteiger partial charge is 0.508 e. The van der Waals surface area contributed by atoms with Crippen molar-refractivity contribution in [1.82, 2.24) is 50.0 Å². The number of halogens is 3. The summed E-state index contributed by atoms with van der Waals surface area (Å²) in [6, 6.07) is 13.4. The molecule has 0 radical (unpaired) electrons. The number of aromatic nitrogens is 5. The highest BCUT2D eigenvalue weighted by molar-refractivity contribution is 7.13. The number of rotatable bonds is 16. The second-order valence-corrected chi connectivity index (χ2v) is 27.1. The Bertz CT molecular complexity index is 3900. The van der Waals surface area contributed by atoms with Crippen LogP contribution in [-0.4, -0.2) is 187 Å². The lowest BCUT2D eigenvalue weighted by Crippen LogP contribution is -2.57. The minimum Gasteiger partial charge on any atom is -0.508 e. The number of aliphatic hydroxyl groups excluding tert-OH is 1. The summed E-state index contributed by atoms with van der Waals surface area (Å²) >= 11 is 1.57. The molecule has 5 fully saturated rings. The Hall–Kier alpha value is -8.11. The number of thiazole rings is 1. The zero-order valence-electron chi connectivity index (χ0n) is 52.3. The van der Waals surface area contributed by atoms with Gasteiger partial charge in [0.2, 0.25) is 11.8 Å². The number of aliphatic hydroxyl groups is 1. The number of hydrogen-bond donors (Lipinski definition) is 3. The van der Waals surface area contributed by atoms with Gasteiger partial charge in [0, 0.05) is 102 Å². The maximum Gasteiger partial charge on any atom is 0.410 e. The number of hydrogen-bond acceptors (Lipinski definition) is 18. The molecule has 0 saturated carbocycles. The maximum atomic E-state index is 17.4. The summed E-state index contributed by atoms with van der Waals surface area (Å²) in [5.74, 6) is 0.277. The third kappa shape index (κ3) is 13.1. The van der Waals surface area contributed by atoms with E-state index in [1.807, 2.05) is 83.1 Å². The highest BCUT2D eigenvalue weighted by Gasteiger charge is 2.47. The molecule has 0 spiro atoms. The molecule has 0 aliphatic carbocycles. The number of ether oxygens (including phenoxy) is 2. The van der Waals surface area contributed by atoms with Crippen molar-refractivity contribution in [1.29, 1.82) is 0 Å². The zero-order chi connectivity index (χ0) is 64.2. The van der Waals surface area contributed by atoms with Crippen molar-refractivity contribution in [3.8, 4) is 45.8 Å². The number of piperazine rings is 2. The number of piperidine rings is 1. The quantitative estimate of drug-likeness (QED) is 0.0767. The average molecular weight is 1270 g/mol. The van der Waals surface area contributed by atoms with Gasteiger partial charge in [-0.3, -0.25) is 29.3 Å². The predicted octanol–water partition coefficient (Wildman–Crippen LogP) is 9.40. The van der Waals surface area contributed by atoms with Gasteiger partial charge in [0.05, 0.1) is 51.3 Å². The van der Waals surface area contributed by atoms with E-state index in [1.165, 1.54) is 35.4 Å². The molecular weight excluding hydrogens is 1190 g/mol. The van der Waals surface area contributed by atoms with Gasteiger partial charge in [0.15, 0.2) is 17.4 Å². The Morgan fingerprint density at radius 2 is 1.65 bits per heavy atom. The standard InChI is InChI=1S/C67H77F3N12O8S/c1-9-48-51(68)17-14-43-28-46(83)29-49(56(43)48)58-57(69)59-50(32-71-58)61(80-33-44-15-16-45(34-80)82(44)65(87)89-66(6,7)8)75-64(74-59)88-27-26-77-20-18-67(70,19-21-77)36-78-22-24-79(25-23-78)54-31-53(90-76-54)55(38(2)3)63(86)81-35-47(84)30-52(81)62(85)73-39(4)41-10-12-42(13-11-41)60-40(5)72-37-91-60/h1,10-14,17,28-29,31-32,37-39,44-45,47,52,55,83-84H,15-16,18-27,30,33-36H2,2-8H3,(H,73,85)/t39-,44?,45?,47+,52-,55+/m0/s1. The molecule has 5 aliphatic heterocycles. The number of phenols is 1. The van der Waals surface area contributed by atoms with Crippen molar-refractivity contribution >= 4 is 62.6 Å². The highest BCUT2D eigenvalue weighted by atomic mass is 32.1. The molecular formula is C67H77F3N12O8S. The van der Waals surface area contributed by atoms with Gasteiger partial charge in [0.25, 0.3) is 0 Å². The van der Waals surface area contributed by atoms with Crippen LogP contribution in [0.25, 0.3) is 43.4 Å². The van der Waals surface area contributed by atoms with E-state index in [1.54, 1.807) is 22.3 Å². The molecule has 5 aliphatic rings. The Balaban J connectivity index is 0.663. The molecule has 20 nitrogen and oxygen atoms in total. The molecule has 2 bridgehead atoms. The lowest BCUT2D eigenvalue weighted by Gasteiger charge is -2.42. The number of phenolic OH excluding ortho intramolecular Hbond substituents is 1. The topological polar surface area (TPSA) is 219 Å². The summed E-state index contributed by atoms with van der Waals surface area (Å²) < 4.78 is 67.3. The Kier molecular flexibility index (Phi) is 17.7. The van der Waals surface area contributed by atoms with Gasteiger partial charge >= 0.3 is 12.1 Å². The molecule has 24 heteroatoms. The first-order valence-electron chi connectivity index (χ1n) is 31.3. The normalized spacial score (nSPS) is 21.2. The van der Waals surface area contributed by atoms with Crippen molar-refractivity contribution in [2.45, 2.75) is 128 Å². The lowest BCUT2D eigenvalue weighted by molar-refractivity contribution is -0.141. The van der Waals surface area contributed by atoms with Crippen molar-refractivity contribution in [3.05, 3.63) is 101 Å². The maximum absolute atomic E-state index is 17.4. The summed E-state index contributed by atoms with van der Waals surface area (Å²) in [7, 11) is 0. The van der Waals surface area contributed by atoms with Crippen LogP contribution < -0.4 is 19.9 Å². The SMILES string of the molecule is C#Cc1c(F)ccc2cc(O)cc(-c3ncc4c(N5CC6CCC(C5)N6C(=O)OC(C)(C)C)nc(OCCN5CCC(F)(CN6CCN(c7cc([C@H](C(=O)N8C[C@H](O)C[C@H]8C(=O)N[C@@H](C)c8ccc(-c9scnc9C)cc8)C(C)C)on7)CC6)CC5)nc4c3F)c12. The molecule has 5 saturated heterocycles. The number of carbonyl (C=O) groups is 3. The minimum atomic E-state index is -1.44. The molecule has 12 rings (SSSR count). The van der Waals surface area contributed by atoms with Crippen molar-refractivity contribution in [2.24, 2.45) is 5.92 Å². The molecule has 9 heterocycles. The average Bonchev–Trinajstić information content (AvgIpc) is 1.57. The molecule has 6 atom stereocenters. The monoisotopic (exact) mass is 1270 g/mol. The molecule has 3 N–H and O–H groups in total. The van der Waals surface area contributed by atoms with Gasteiger partial charge in [0.1, 0.15) is 58.4 Å². The van der Waals surface area contributed by atoms with Crippen molar-refractivity contribution in [2.75, 3.05) is 88.4 Å². The van der Waals surface area contributed by atoms with E-state index in [4.69, 9.17) is 25.4 Å². The van der Waals surface area contributed by atoms with Crippen molar-refractivity contribution in [3.63, 3.8) is 0 Å². The number of terminal acetylenes is 1. The van der Waals surface area contributed by atoms with Crippen LogP contribution in [0.5, 0.6) is 11.8 Å². The first-order chi connectivity index (χ1) is 43.5. The number of anilines is 2. The van der Waals surface area contributed by atoms with Crippen LogP contribution in [0.2, 0.25) is 0 Å². The van der Waals surface area contributed by atoms with Crippen LogP contribution in [0.1, 0.15) is 108 Å². The Morgan fingerprint density at radius 1 is 0.923 bits per heavy atom. The van der Waals surface area contributed by atoms with Gasteiger partial charge in [-0.25, -0.2) is 22.9 Å². The summed E-state index contributed by atoms with van der Waals surface area (Å²) in [6.45, 7) is 17.9. The van der Waals surface area contributed by atoms with E-state index in [2.05, 4.69) is 46.0 Å². The van der Waals surface area contributed by atoms with E-state index in [9.17, 15) is 24.6 Å². The van der Waals surface area contributed by atoms with E-state index in [-0.39, 0.29) is 107 Å². The summed E-state index contributed by atoms with van der Waals surface area (Å²) in [4.78, 5) is 72.9. The summed E-state index contributed by atoms with van der Waals surface area (Å²) in [6.07, 6.45) is 8.15. The first kappa shape index (κ1) is 63.1. The van der Waals surface area contributed by atoms with Crippen molar-refractivity contribution < 1.29 is 51.8 Å². The number of alkyl halides is 1. The molecule has 4 aromatic heterocycles. The number of nitrogens with one attached hydrogen (secondary N) is 1. The van der Waals surface area contributed by atoms with E-state index in [0.29, 0.717) is 94.5 Å². The molecule has 3 aromatic carbocycles. The van der Waals surface area contributed by atoms with Gasteiger partial charge in [-0.05, 0) is 101 Å². The lowest BCUT2D eigenvalue weighted by atomic mass is 9.91. The predicted molar refractivity (Wildman–Crippen MR) is 340 cm³/mol. The number of aromatic hydroxyl groups is 1. The van der Waals surface area contributed by atoms with Gasteiger partial charge in [-0.2, -0.15) is 9.97 Å². The number of amides is 3. The Morgan fingerprint density at radius 3 is 2.32 bits per heavy atom. The number of likely N-dealkylation sites (tertiary alicyclic amines) is 2. The first-order valence-corrected chi connectivity index (χ1v) is 32.2. The van der Waals surface area contributed by atoms with E-state index >= 15 is 13.2 Å². The summed E-state index contributed by atoms with van der Waals surface area (Å²) in [5.41, 5.74) is 2.23. The van der Waals surface area contributed by atoms with Gasteiger partial charge in [-0.1, -0.05) is 55.3 Å². The fraction of sp³-hybridized carbons (Fsp3) is 0.493. The van der Waals surface area contributed by atoms with Crippen LogP contribution in [0.15, 0.2) is 70.8 Å². The molecule has 3 amide bonds. The fourth-order valence-electron chi connectivity index (χ4n) is 13.8. The van der Waals surface area contributed by atoms with Gasteiger partial charge in [-0.15, -0.1) is 17.8 Å². The molecule has 480 valence electrons. The third-order valence-corrected chi connectivity index (χ3v) is 19.4. The number of fused-ring (bicyclic) bond motifs is 4. The van der Waals surface area contributed by atoms with Crippen LogP contribution in [0.3, 0.4) is 0 Å². The van der Waals surface area contributed by atoms with Crippen LogP contribution in [0.4, 0.5) is 29.6 Å². The smallest absolute Gasteiger partial charge is 0.410 e. The second-order valence-electron chi connectivity index (χ2n) is 26.3. The number of carbonyl (C=O) groups excluding carboxylic acids is 3. The fourth-order valence-corrected chi connectivity index (χ4v) is 14.6. The number of pyridine rings is 1. The Labute approximate surface area is 530 Å². The van der Waals surface area contributed by atoms with Crippen LogP contribution in [-0.2, 0) is 14.3 Å². The second kappa shape index (κ2) is 25.5. The van der Waals surface area contributed by atoms with Crippen LogP contribution >= 0.6 is 11.3 Å². The number of aryl methyl sites for hydroxylation is 1. The third-order valence-electron chi connectivity index (χ3n) is 18.5. The van der Waals surface area contributed by atoms with Crippen LogP contribution in [0, 0.1) is 36.8 Å². The van der Waals surface area contributed by atoms with Gasteiger partial charge < -0.3 is 44.2 Å². The zero-order valence-corrected chi connectivity index (χ0v) is 53.1.